The molecule has 1 aliphatic heterocycles. The van der Waals surface area contributed by atoms with Crippen molar-refractivity contribution in [3.8, 4) is 0 Å². The predicted molar refractivity (Wildman–Crippen MR) is 130 cm³/mol. The van der Waals surface area contributed by atoms with Gasteiger partial charge in [0.1, 0.15) is 4.88 Å². The van der Waals surface area contributed by atoms with Crippen LogP contribution in [-0.2, 0) is 0 Å². The number of piperazine rings is 1. The van der Waals surface area contributed by atoms with Gasteiger partial charge in [0.15, 0.2) is 5.11 Å². The molecule has 1 atom stereocenters. The Balaban J connectivity index is 1.38. The zero-order valence-electron chi connectivity index (χ0n) is 16.4. The van der Waals surface area contributed by atoms with Crippen molar-refractivity contribution >= 4 is 67.9 Å². The highest BCUT2D eigenvalue weighted by Crippen LogP contribution is 2.37. The van der Waals surface area contributed by atoms with E-state index >= 15 is 0 Å². The van der Waals surface area contributed by atoms with E-state index in [0.29, 0.717) is 46.2 Å². The summed E-state index contributed by atoms with van der Waals surface area (Å²) in [4.78, 5) is 17.6. The molecule has 0 bridgehead atoms. The highest BCUT2D eigenvalue weighted by Gasteiger charge is 2.27. The molecule has 8 heteroatoms. The van der Waals surface area contributed by atoms with Crippen molar-refractivity contribution in [1.82, 2.24) is 15.1 Å². The number of benzene rings is 2. The quantitative estimate of drug-likeness (QED) is 0.497. The molecule has 1 N–H and O–H groups in total. The molecule has 0 radical (unpaired) electrons. The maximum atomic E-state index is 13.1. The molecular formula is C22H21Cl2N3OS2. The number of carbonyl (C=O) groups excluding carboxylic acids is 1. The van der Waals surface area contributed by atoms with Gasteiger partial charge in [-0.1, -0.05) is 59.6 Å². The second-order valence-corrected chi connectivity index (χ2v) is 9.50. The average Bonchev–Trinajstić information content (AvgIpc) is 3.09. The third-order valence-corrected chi connectivity index (χ3v) is 7.54. The minimum absolute atomic E-state index is 0.0338. The summed E-state index contributed by atoms with van der Waals surface area (Å²) in [5, 5.41) is 6.13. The van der Waals surface area contributed by atoms with E-state index in [1.165, 1.54) is 16.9 Å². The van der Waals surface area contributed by atoms with E-state index in [9.17, 15) is 4.79 Å². The summed E-state index contributed by atoms with van der Waals surface area (Å²) in [6.07, 6.45) is 0. The number of nitrogens with one attached hydrogen (secondary N) is 1. The molecule has 3 aromatic rings. The molecule has 1 unspecified atom stereocenters. The van der Waals surface area contributed by atoms with E-state index in [4.69, 9.17) is 35.4 Å². The molecule has 1 aliphatic rings. The summed E-state index contributed by atoms with van der Waals surface area (Å²) >= 11 is 19.6. The fourth-order valence-electron chi connectivity index (χ4n) is 3.53. The van der Waals surface area contributed by atoms with Crippen LogP contribution >= 0.6 is 46.8 Å². The molecule has 1 saturated heterocycles. The molecule has 4 rings (SSSR count). The van der Waals surface area contributed by atoms with E-state index in [-0.39, 0.29) is 11.9 Å². The highest BCUT2D eigenvalue weighted by molar-refractivity contribution is 7.80. The molecule has 2 heterocycles. The first-order valence-electron chi connectivity index (χ1n) is 9.71. The van der Waals surface area contributed by atoms with E-state index in [1.807, 2.05) is 35.2 Å². The molecule has 4 nitrogen and oxygen atoms in total. The Morgan fingerprint density at radius 1 is 1.07 bits per heavy atom. The highest BCUT2D eigenvalue weighted by atomic mass is 35.5. The Bertz CT molecular complexity index is 1080. The lowest BCUT2D eigenvalue weighted by atomic mass is 10.1. The number of hydrogen-bond acceptors (Lipinski definition) is 3. The Morgan fingerprint density at radius 2 is 1.73 bits per heavy atom. The average molecular weight is 478 g/mol. The van der Waals surface area contributed by atoms with Crippen molar-refractivity contribution in [1.29, 1.82) is 0 Å². The van der Waals surface area contributed by atoms with E-state index < -0.39 is 0 Å². The van der Waals surface area contributed by atoms with Gasteiger partial charge in [-0.2, -0.15) is 0 Å². The minimum atomic E-state index is -0.0338. The predicted octanol–water partition coefficient (Wildman–Crippen LogP) is 5.60. The zero-order valence-corrected chi connectivity index (χ0v) is 19.5. The summed E-state index contributed by atoms with van der Waals surface area (Å²) in [7, 11) is 0. The lowest BCUT2D eigenvalue weighted by Crippen LogP contribution is -2.53. The van der Waals surface area contributed by atoms with Crippen molar-refractivity contribution < 1.29 is 4.79 Å². The normalized spacial score (nSPS) is 15.3. The fourth-order valence-corrected chi connectivity index (χ4v) is 5.65. The molecule has 0 spiro atoms. The number of amides is 1. The number of nitrogens with zero attached hydrogens (tertiary/aromatic N) is 2. The van der Waals surface area contributed by atoms with Crippen molar-refractivity contribution in [3.05, 3.63) is 69.0 Å². The summed E-state index contributed by atoms with van der Waals surface area (Å²) in [6, 6.07) is 15.8. The largest absolute Gasteiger partial charge is 0.356 e. The van der Waals surface area contributed by atoms with Crippen LogP contribution in [0.5, 0.6) is 0 Å². The topological polar surface area (TPSA) is 35.6 Å². The smallest absolute Gasteiger partial charge is 0.265 e. The first kappa shape index (κ1) is 21.4. The van der Waals surface area contributed by atoms with E-state index in [1.54, 1.807) is 6.07 Å². The number of fused-ring (bicyclic) bond motifs is 1. The van der Waals surface area contributed by atoms with Crippen LogP contribution in [-0.4, -0.2) is 47.0 Å². The third kappa shape index (κ3) is 4.42. The second-order valence-electron chi connectivity index (χ2n) is 7.25. The molecule has 2 aromatic carbocycles. The van der Waals surface area contributed by atoms with Gasteiger partial charge in [-0.3, -0.25) is 4.79 Å². The Morgan fingerprint density at radius 3 is 2.43 bits per heavy atom. The van der Waals surface area contributed by atoms with Crippen LogP contribution in [0.1, 0.15) is 28.2 Å². The van der Waals surface area contributed by atoms with Crippen molar-refractivity contribution in [3.63, 3.8) is 0 Å². The van der Waals surface area contributed by atoms with Crippen molar-refractivity contribution in [2.45, 2.75) is 13.0 Å². The van der Waals surface area contributed by atoms with Gasteiger partial charge < -0.3 is 15.1 Å². The standard InChI is InChI=1S/C22H21Cl2N3OS2/c1-14(15-5-3-2-4-6-15)25-22(29)27-11-9-26(10-12-27)21(28)20-19(24)17-8-7-16(23)13-18(17)30-20/h2-8,13-14H,9-12H2,1H3,(H,25,29). The number of hydrogen-bond donors (Lipinski definition) is 1. The Kier molecular flexibility index (Phi) is 6.48. The number of carbonyl (C=O) groups is 1. The van der Waals surface area contributed by atoms with Crippen LogP contribution in [0.15, 0.2) is 48.5 Å². The Labute approximate surface area is 195 Å². The monoisotopic (exact) mass is 477 g/mol. The number of rotatable bonds is 3. The molecule has 1 fully saturated rings. The number of thiocarbonyl (C=S) groups is 1. The van der Waals surface area contributed by atoms with Gasteiger partial charge in [-0.25, -0.2) is 0 Å². The number of thiophene rings is 1. The van der Waals surface area contributed by atoms with Crippen LogP contribution in [0.4, 0.5) is 0 Å². The van der Waals surface area contributed by atoms with Gasteiger partial charge in [0, 0.05) is 41.3 Å². The van der Waals surface area contributed by atoms with Crippen LogP contribution in [0.3, 0.4) is 0 Å². The number of halogens is 2. The summed E-state index contributed by atoms with van der Waals surface area (Å²) in [5.74, 6) is -0.0338. The van der Waals surface area contributed by atoms with Crippen LogP contribution in [0.25, 0.3) is 10.1 Å². The van der Waals surface area contributed by atoms with E-state index in [0.717, 1.165) is 10.1 Å². The van der Waals surface area contributed by atoms with Gasteiger partial charge in [0.2, 0.25) is 0 Å². The molecular weight excluding hydrogens is 457 g/mol. The molecule has 156 valence electrons. The fraction of sp³-hybridized carbons (Fsp3) is 0.273. The summed E-state index contributed by atoms with van der Waals surface area (Å²) in [6.45, 7) is 4.68. The molecule has 1 amide bonds. The summed E-state index contributed by atoms with van der Waals surface area (Å²) < 4.78 is 0.926. The second kappa shape index (κ2) is 9.10. The molecule has 30 heavy (non-hydrogen) atoms. The van der Waals surface area contributed by atoms with Crippen molar-refractivity contribution in [2.75, 3.05) is 26.2 Å². The third-order valence-electron chi connectivity index (χ3n) is 5.28. The van der Waals surface area contributed by atoms with Gasteiger partial charge in [-0.15, -0.1) is 11.3 Å². The Hall–Kier alpha value is -1.86. The van der Waals surface area contributed by atoms with Crippen LogP contribution in [0, 0.1) is 0 Å². The maximum absolute atomic E-state index is 13.1. The van der Waals surface area contributed by atoms with E-state index in [2.05, 4.69) is 29.3 Å². The zero-order chi connectivity index (χ0) is 21.3. The van der Waals surface area contributed by atoms with Crippen LogP contribution in [0.2, 0.25) is 10.0 Å². The van der Waals surface area contributed by atoms with Gasteiger partial charge >= 0.3 is 0 Å². The first-order valence-corrected chi connectivity index (χ1v) is 11.7. The lowest BCUT2D eigenvalue weighted by Gasteiger charge is -2.36. The van der Waals surface area contributed by atoms with Gasteiger partial charge in [0.25, 0.3) is 5.91 Å². The van der Waals surface area contributed by atoms with Crippen molar-refractivity contribution in [2.24, 2.45) is 0 Å². The van der Waals surface area contributed by atoms with Gasteiger partial charge in [-0.05, 0) is 36.8 Å². The minimum Gasteiger partial charge on any atom is -0.356 e. The maximum Gasteiger partial charge on any atom is 0.265 e. The lowest BCUT2D eigenvalue weighted by molar-refractivity contribution is 0.0696. The first-order chi connectivity index (χ1) is 14.4. The summed E-state index contributed by atoms with van der Waals surface area (Å²) in [5.41, 5.74) is 1.19. The molecule has 0 aliphatic carbocycles. The molecule has 0 saturated carbocycles. The SMILES string of the molecule is CC(NC(=S)N1CCN(C(=O)c2sc3cc(Cl)ccc3c2Cl)CC1)c1ccccc1. The molecule has 1 aromatic heterocycles. The van der Waals surface area contributed by atoms with Gasteiger partial charge in [0.05, 0.1) is 11.1 Å². The van der Waals surface area contributed by atoms with Crippen LogP contribution < -0.4 is 5.32 Å².